The van der Waals surface area contributed by atoms with E-state index in [9.17, 15) is 15.0 Å². The lowest BCUT2D eigenvalue weighted by molar-refractivity contribution is -0.123. The van der Waals surface area contributed by atoms with Crippen LogP contribution in [0.4, 0.5) is 0 Å². The van der Waals surface area contributed by atoms with Crippen LogP contribution in [0.5, 0.6) is 0 Å². The Labute approximate surface area is 244 Å². The SMILES string of the molecule is CCCCCCCCCCCCCCCCCCC[C@@H](O)[C@H](CO)NC(=O)CCCCCCCCCCCC. The Morgan fingerprint density at radius 2 is 0.821 bits per heavy atom. The molecule has 0 saturated carbocycles. The van der Waals surface area contributed by atoms with Gasteiger partial charge in [-0.3, -0.25) is 4.79 Å². The maximum Gasteiger partial charge on any atom is 0.220 e. The number of unbranched alkanes of at least 4 members (excludes halogenated alkanes) is 25. The molecule has 3 N–H and O–H groups in total. The molecule has 4 nitrogen and oxygen atoms in total. The summed E-state index contributed by atoms with van der Waals surface area (Å²) in [4.78, 5) is 12.3. The first-order valence-electron chi connectivity index (χ1n) is 17.7. The lowest BCUT2D eigenvalue weighted by Gasteiger charge is -2.22. The third-order valence-corrected chi connectivity index (χ3v) is 8.37. The van der Waals surface area contributed by atoms with Crippen molar-refractivity contribution in [2.45, 2.75) is 212 Å². The van der Waals surface area contributed by atoms with E-state index in [0.717, 1.165) is 25.7 Å². The van der Waals surface area contributed by atoms with Crippen molar-refractivity contribution >= 4 is 5.91 Å². The van der Waals surface area contributed by atoms with Crippen LogP contribution in [-0.2, 0) is 4.79 Å². The van der Waals surface area contributed by atoms with Gasteiger partial charge < -0.3 is 15.5 Å². The van der Waals surface area contributed by atoms with E-state index < -0.39 is 12.1 Å². The first-order chi connectivity index (χ1) is 19.2. The van der Waals surface area contributed by atoms with Crippen molar-refractivity contribution in [2.75, 3.05) is 6.61 Å². The van der Waals surface area contributed by atoms with Crippen molar-refractivity contribution < 1.29 is 15.0 Å². The van der Waals surface area contributed by atoms with Crippen LogP contribution in [0.2, 0.25) is 0 Å². The molecule has 0 spiro atoms. The highest BCUT2D eigenvalue weighted by Crippen LogP contribution is 2.15. The molecule has 0 aliphatic carbocycles. The molecule has 0 fully saturated rings. The maximum atomic E-state index is 12.3. The lowest BCUT2D eigenvalue weighted by atomic mass is 10.0. The highest BCUT2D eigenvalue weighted by molar-refractivity contribution is 5.76. The fraction of sp³-hybridized carbons (Fsp3) is 0.971. The van der Waals surface area contributed by atoms with Gasteiger partial charge in [0.1, 0.15) is 0 Å². The van der Waals surface area contributed by atoms with Crippen molar-refractivity contribution in [1.82, 2.24) is 5.32 Å². The Balaban J connectivity index is 3.51. The second kappa shape index (κ2) is 31.9. The molecule has 0 aromatic heterocycles. The van der Waals surface area contributed by atoms with Gasteiger partial charge in [0.15, 0.2) is 0 Å². The van der Waals surface area contributed by atoms with Crippen LogP contribution in [0.3, 0.4) is 0 Å². The molecular weight excluding hydrogens is 482 g/mol. The Kier molecular flexibility index (Phi) is 31.4. The van der Waals surface area contributed by atoms with Crippen molar-refractivity contribution in [3.8, 4) is 0 Å². The van der Waals surface area contributed by atoms with Crippen molar-refractivity contribution in [1.29, 1.82) is 0 Å². The van der Waals surface area contributed by atoms with Crippen molar-refractivity contribution in [3.63, 3.8) is 0 Å². The largest absolute Gasteiger partial charge is 0.394 e. The number of carbonyl (C=O) groups is 1. The van der Waals surface area contributed by atoms with Gasteiger partial charge in [-0.25, -0.2) is 0 Å². The van der Waals surface area contributed by atoms with Gasteiger partial charge in [0, 0.05) is 6.42 Å². The van der Waals surface area contributed by atoms with E-state index in [1.807, 2.05) is 0 Å². The molecule has 0 unspecified atom stereocenters. The molecule has 0 radical (unpaired) electrons. The lowest BCUT2D eigenvalue weighted by Crippen LogP contribution is -2.45. The average molecular weight is 554 g/mol. The number of hydrogen-bond donors (Lipinski definition) is 3. The van der Waals surface area contributed by atoms with Gasteiger partial charge in [-0.05, 0) is 12.8 Å². The quantitative estimate of drug-likeness (QED) is 0.0726. The summed E-state index contributed by atoms with van der Waals surface area (Å²) in [5, 5.41) is 23.0. The smallest absolute Gasteiger partial charge is 0.220 e. The fourth-order valence-corrected chi connectivity index (χ4v) is 5.59. The normalized spacial score (nSPS) is 13.0. The molecule has 39 heavy (non-hydrogen) atoms. The van der Waals surface area contributed by atoms with Gasteiger partial charge in [-0.1, -0.05) is 181 Å². The number of rotatable bonds is 32. The molecule has 234 valence electrons. The first kappa shape index (κ1) is 38.4. The van der Waals surface area contributed by atoms with E-state index in [0.29, 0.717) is 12.8 Å². The van der Waals surface area contributed by atoms with Gasteiger partial charge in [0.25, 0.3) is 0 Å². The van der Waals surface area contributed by atoms with Gasteiger partial charge >= 0.3 is 0 Å². The highest BCUT2D eigenvalue weighted by atomic mass is 16.3. The van der Waals surface area contributed by atoms with Crippen LogP contribution < -0.4 is 5.32 Å². The Hall–Kier alpha value is -0.610. The predicted octanol–water partition coefficient (Wildman–Crippen LogP) is 10.2. The van der Waals surface area contributed by atoms with Crippen molar-refractivity contribution in [2.24, 2.45) is 0 Å². The zero-order valence-electron chi connectivity index (χ0n) is 26.7. The minimum Gasteiger partial charge on any atom is -0.394 e. The number of aliphatic hydroxyl groups excluding tert-OH is 2. The molecule has 0 aromatic rings. The summed E-state index contributed by atoms with van der Waals surface area (Å²) < 4.78 is 0. The number of amides is 1. The molecule has 1 amide bonds. The minimum absolute atomic E-state index is 0.0323. The van der Waals surface area contributed by atoms with Crippen LogP contribution in [0, 0.1) is 0 Å². The Morgan fingerprint density at radius 1 is 0.513 bits per heavy atom. The molecule has 0 aliphatic rings. The third-order valence-electron chi connectivity index (χ3n) is 8.37. The molecule has 0 aromatic carbocycles. The van der Waals surface area contributed by atoms with Crippen LogP contribution in [0.15, 0.2) is 0 Å². The first-order valence-corrected chi connectivity index (χ1v) is 17.7. The molecule has 2 atom stereocenters. The van der Waals surface area contributed by atoms with E-state index in [4.69, 9.17) is 0 Å². The van der Waals surface area contributed by atoms with E-state index in [1.54, 1.807) is 0 Å². The number of hydrogen-bond acceptors (Lipinski definition) is 3. The van der Waals surface area contributed by atoms with Crippen LogP contribution in [-0.4, -0.2) is 34.9 Å². The van der Waals surface area contributed by atoms with Gasteiger partial charge in [-0.15, -0.1) is 0 Å². The second-order valence-corrected chi connectivity index (χ2v) is 12.3. The second-order valence-electron chi connectivity index (χ2n) is 12.3. The van der Waals surface area contributed by atoms with Crippen LogP contribution >= 0.6 is 0 Å². The topological polar surface area (TPSA) is 69.6 Å². The van der Waals surface area contributed by atoms with Crippen LogP contribution in [0.25, 0.3) is 0 Å². The van der Waals surface area contributed by atoms with Gasteiger partial charge in [0.2, 0.25) is 5.91 Å². The van der Waals surface area contributed by atoms with E-state index in [1.165, 1.54) is 148 Å². The van der Waals surface area contributed by atoms with Gasteiger partial charge in [-0.2, -0.15) is 0 Å². The number of carbonyl (C=O) groups excluding carboxylic acids is 1. The summed E-state index contributed by atoms with van der Waals surface area (Å²) in [5.74, 6) is -0.0323. The summed E-state index contributed by atoms with van der Waals surface area (Å²) in [7, 11) is 0. The maximum absolute atomic E-state index is 12.3. The fourth-order valence-electron chi connectivity index (χ4n) is 5.59. The number of aliphatic hydroxyl groups is 2. The number of nitrogens with one attached hydrogen (secondary N) is 1. The summed E-state index contributed by atoms with van der Waals surface area (Å²) >= 11 is 0. The zero-order chi connectivity index (χ0) is 28.7. The molecule has 4 heteroatoms. The van der Waals surface area contributed by atoms with E-state index in [-0.39, 0.29) is 12.5 Å². The molecule has 0 heterocycles. The summed E-state index contributed by atoms with van der Waals surface area (Å²) in [6.07, 6.45) is 35.8. The zero-order valence-corrected chi connectivity index (χ0v) is 26.7. The molecule has 0 rings (SSSR count). The third kappa shape index (κ3) is 28.7. The predicted molar refractivity (Wildman–Crippen MR) is 170 cm³/mol. The summed E-state index contributed by atoms with van der Waals surface area (Å²) in [6.45, 7) is 4.34. The molecule has 0 saturated heterocycles. The van der Waals surface area contributed by atoms with Gasteiger partial charge in [0.05, 0.1) is 18.8 Å². The highest BCUT2D eigenvalue weighted by Gasteiger charge is 2.19. The monoisotopic (exact) mass is 554 g/mol. The Bertz CT molecular complexity index is 485. The minimum atomic E-state index is -0.650. The van der Waals surface area contributed by atoms with E-state index >= 15 is 0 Å². The summed E-state index contributed by atoms with van der Waals surface area (Å²) in [5.41, 5.74) is 0. The van der Waals surface area contributed by atoms with Crippen molar-refractivity contribution in [3.05, 3.63) is 0 Å². The van der Waals surface area contributed by atoms with E-state index in [2.05, 4.69) is 19.2 Å². The average Bonchev–Trinajstić information content (AvgIpc) is 2.94. The van der Waals surface area contributed by atoms with Crippen LogP contribution in [0.1, 0.15) is 200 Å². The molecule has 0 aliphatic heterocycles. The summed E-state index contributed by atoms with van der Waals surface area (Å²) in [6, 6.07) is -0.526. The Morgan fingerprint density at radius 3 is 1.15 bits per heavy atom. The standard InChI is InChI=1S/C35H71NO3/c1-3-5-7-9-11-13-15-16-17-18-19-20-21-22-24-26-28-30-34(38)33(32-37)36-35(39)31-29-27-25-23-14-12-10-8-6-4-2/h33-34,37-38H,3-32H2,1-2H3,(H,36,39)/t33-,34+/m0/s1. The molecule has 0 bridgehead atoms. The molecular formula is C35H71NO3.